The molecular formula is C32H31N7O3. The average molecular weight is 562 g/mol. The molecule has 0 aliphatic carbocycles. The van der Waals surface area contributed by atoms with Gasteiger partial charge in [-0.2, -0.15) is 10.5 Å². The summed E-state index contributed by atoms with van der Waals surface area (Å²) in [6.07, 6.45) is 2.72. The molecule has 0 bridgehead atoms. The second kappa shape index (κ2) is 13.2. The SMILES string of the molecule is N#Cc1ccc(CN2CCC(NC(=O)c3ccc(C(=O)N4CCC(C(=O)c5ccc(C#N)cc5)CC4)nn3)CC2)cc1. The van der Waals surface area contributed by atoms with Gasteiger partial charge in [0.15, 0.2) is 17.2 Å². The van der Waals surface area contributed by atoms with E-state index in [-0.39, 0.29) is 40.9 Å². The maximum Gasteiger partial charge on any atom is 0.274 e. The van der Waals surface area contributed by atoms with E-state index in [9.17, 15) is 14.4 Å². The molecule has 2 saturated heterocycles. The molecule has 0 atom stereocenters. The number of likely N-dealkylation sites (tertiary alicyclic amines) is 2. The van der Waals surface area contributed by atoms with E-state index in [4.69, 9.17) is 10.5 Å². The number of piperidine rings is 2. The molecule has 0 unspecified atom stereocenters. The highest BCUT2D eigenvalue weighted by Gasteiger charge is 2.29. The topological polar surface area (TPSA) is 143 Å². The number of benzene rings is 2. The van der Waals surface area contributed by atoms with Gasteiger partial charge in [-0.05, 0) is 67.6 Å². The fourth-order valence-corrected chi connectivity index (χ4v) is 5.46. The van der Waals surface area contributed by atoms with E-state index in [1.807, 2.05) is 30.3 Å². The Kier molecular flexibility index (Phi) is 8.96. The Morgan fingerprint density at radius 1 is 0.762 bits per heavy atom. The minimum absolute atomic E-state index is 0.0266. The van der Waals surface area contributed by atoms with Crippen molar-refractivity contribution in [2.24, 2.45) is 5.92 Å². The van der Waals surface area contributed by atoms with Crippen LogP contribution in [0.4, 0.5) is 0 Å². The van der Waals surface area contributed by atoms with Gasteiger partial charge in [-0.25, -0.2) is 0 Å². The maximum absolute atomic E-state index is 13.0. The normalized spacial score (nSPS) is 16.3. The summed E-state index contributed by atoms with van der Waals surface area (Å²) in [4.78, 5) is 42.6. The molecule has 10 heteroatoms. The molecule has 1 aromatic heterocycles. The molecule has 2 aromatic carbocycles. The van der Waals surface area contributed by atoms with Crippen LogP contribution in [0.5, 0.6) is 0 Å². The smallest absolute Gasteiger partial charge is 0.274 e. The van der Waals surface area contributed by atoms with Crippen LogP contribution in [0.3, 0.4) is 0 Å². The zero-order chi connectivity index (χ0) is 29.5. The van der Waals surface area contributed by atoms with E-state index in [0.717, 1.165) is 38.0 Å². The van der Waals surface area contributed by atoms with Crippen molar-refractivity contribution in [3.63, 3.8) is 0 Å². The van der Waals surface area contributed by atoms with Crippen LogP contribution in [0.1, 0.15) is 73.7 Å². The van der Waals surface area contributed by atoms with Crippen molar-refractivity contribution < 1.29 is 14.4 Å². The van der Waals surface area contributed by atoms with Crippen molar-refractivity contribution >= 4 is 17.6 Å². The predicted molar refractivity (Wildman–Crippen MR) is 153 cm³/mol. The van der Waals surface area contributed by atoms with Gasteiger partial charge in [0.05, 0.1) is 23.3 Å². The standard InChI is InChI=1S/C32H31N7O3/c33-19-22-1-3-24(4-2-22)21-38-15-13-27(14-16-38)35-31(41)28-9-10-29(37-36-28)32(42)39-17-11-26(12-18-39)30(40)25-7-5-23(20-34)6-8-25/h1-10,26-27H,11-18,21H2,(H,35,41). The maximum atomic E-state index is 13.0. The third-order valence-corrected chi connectivity index (χ3v) is 7.98. The number of rotatable bonds is 7. The van der Waals surface area contributed by atoms with Gasteiger partial charge in [0, 0.05) is 50.2 Å². The molecule has 2 fully saturated rings. The quantitative estimate of drug-likeness (QED) is 0.433. The number of hydrogen-bond donors (Lipinski definition) is 1. The molecule has 0 saturated carbocycles. The highest BCUT2D eigenvalue weighted by Crippen LogP contribution is 2.23. The summed E-state index contributed by atoms with van der Waals surface area (Å²) in [7, 11) is 0. The third-order valence-electron chi connectivity index (χ3n) is 7.98. The van der Waals surface area contributed by atoms with E-state index >= 15 is 0 Å². The molecule has 1 N–H and O–H groups in total. The summed E-state index contributed by atoms with van der Waals surface area (Å²) in [5.74, 6) is -0.733. The van der Waals surface area contributed by atoms with Crippen molar-refractivity contribution in [2.45, 2.75) is 38.3 Å². The molecule has 0 radical (unpaired) electrons. The van der Waals surface area contributed by atoms with E-state index in [1.54, 1.807) is 29.2 Å². The Hall–Kier alpha value is -4.93. The van der Waals surface area contributed by atoms with Crippen LogP contribution < -0.4 is 5.32 Å². The number of carbonyl (C=O) groups excluding carboxylic acids is 3. The lowest BCUT2D eigenvalue weighted by atomic mass is 9.88. The summed E-state index contributed by atoms with van der Waals surface area (Å²) in [6.45, 7) is 3.36. The molecular weight excluding hydrogens is 530 g/mol. The zero-order valence-electron chi connectivity index (χ0n) is 23.2. The molecule has 0 spiro atoms. The number of nitrogens with zero attached hydrogens (tertiary/aromatic N) is 6. The number of nitriles is 2. The molecule has 5 rings (SSSR count). The van der Waals surface area contributed by atoms with Crippen LogP contribution in [-0.2, 0) is 6.54 Å². The molecule has 3 heterocycles. The number of ketones is 1. The van der Waals surface area contributed by atoms with Crippen molar-refractivity contribution in [3.05, 3.63) is 94.3 Å². The van der Waals surface area contributed by atoms with Crippen molar-refractivity contribution in [3.8, 4) is 12.1 Å². The number of nitrogens with one attached hydrogen (secondary N) is 1. The highest BCUT2D eigenvalue weighted by atomic mass is 16.2. The molecule has 10 nitrogen and oxygen atoms in total. The fourth-order valence-electron chi connectivity index (χ4n) is 5.46. The van der Waals surface area contributed by atoms with Gasteiger partial charge in [0.1, 0.15) is 0 Å². The number of amides is 2. The summed E-state index contributed by atoms with van der Waals surface area (Å²) >= 11 is 0. The number of carbonyl (C=O) groups is 3. The first-order valence-electron chi connectivity index (χ1n) is 14.1. The molecule has 42 heavy (non-hydrogen) atoms. The Balaban J connectivity index is 1.07. The molecule has 3 aromatic rings. The van der Waals surface area contributed by atoms with E-state index < -0.39 is 0 Å². The zero-order valence-corrected chi connectivity index (χ0v) is 23.2. The van der Waals surface area contributed by atoms with Crippen LogP contribution in [0.2, 0.25) is 0 Å². The Morgan fingerprint density at radius 3 is 1.90 bits per heavy atom. The Labute approximate surface area is 244 Å². The van der Waals surface area contributed by atoms with Crippen LogP contribution in [0.25, 0.3) is 0 Å². The Morgan fingerprint density at radius 2 is 1.33 bits per heavy atom. The van der Waals surface area contributed by atoms with Crippen LogP contribution in [-0.4, -0.2) is 69.8 Å². The van der Waals surface area contributed by atoms with Crippen LogP contribution in [0, 0.1) is 28.6 Å². The van der Waals surface area contributed by atoms with Crippen molar-refractivity contribution in [1.29, 1.82) is 10.5 Å². The first kappa shape index (κ1) is 28.6. The number of Topliss-reactive ketones (excluding diaryl/α,β-unsaturated/α-hetero) is 1. The predicted octanol–water partition coefficient (Wildman–Crippen LogP) is 3.35. The first-order chi connectivity index (χ1) is 20.4. The highest BCUT2D eigenvalue weighted by molar-refractivity contribution is 5.98. The summed E-state index contributed by atoms with van der Waals surface area (Å²) in [6, 6.07) is 21.5. The molecule has 2 aliphatic heterocycles. The minimum atomic E-state index is -0.311. The largest absolute Gasteiger partial charge is 0.348 e. The van der Waals surface area contributed by atoms with Crippen LogP contribution >= 0.6 is 0 Å². The monoisotopic (exact) mass is 561 g/mol. The minimum Gasteiger partial charge on any atom is -0.348 e. The fraction of sp³-hybridized carbons (Fsp3) is 0.344. The second-order valence-corrected chi connectivity index (χ2v) is 10.8. The van der Waals surface area contributed by atoms with E-state index in [0.29, 0.717) is 42.6 Å². The lowest BCUT2D eigenvalue weighted by Gasteiger charge is -2.32. The van der Waals surface area contributed by atoms with Gasteiger partial charge in [0.2, 0.25) is 0 Å². The number of hydrogen-bond acceptors (Lipinski definition) is 8. The lowest BCUT2D eigenvalue weighted by Crippen LogP contribution is -2.44. The van der Waals surface area contributed by atoms with E-state index in [2.05, 4.69) is 26.5 Å². The summed E-state index contributed by atoms with van der Waals surface area (Å²) in [5, 5.41) is 29.0. The summed E-state index contributed by atoms with van der Waals surface area (Å²) in [5.41, 5.74) is 3.22. The van der Waals surface area contributed by atoms with Crippen molar-refractivity contribution in [1.82, 2.24) is 25.3 Å². The van der Waals surface area contributed by atoms with Crippen molar-refractivity contribution in [2.75, 3.05) is 26.2 Å². The molecule has 2 aliphatic rings. The molecule has 212 valence electrons. The first-order valence-corrected chi connectivity index (χ1v) is 14.1. The van der Waals surface area contributed by atoms with Gasteiger partial charge >= 0.3 is 0 Å². The second-order valence-electron chi connectivity index (χ2n) is 10.8. The molecule has 2 amide bonds. The average Bonchev–Trinajstić information content (AvgIpc) is 3.05. The Bertz CT molecular complexity index is 1510. The summed E-state index contributed by atoms with van der Waals surface area (Å²) < 4.78 is 0. The lowest BCUT2D eigenvalue weighted by molar-refractivity contribution is 0.0644. The van der Waals surface area contributed by atoms with Crippen LogP contribution in [0.15, 0.2) is 60.7 Å². The van der Waals surface area contributed by atoms with Gasteiger partial charge in [-0.15, -0.1) is 10.2 Å². The van der Waals surface area contributed by atoms with Gasteiger partial charge in [-0.1, -0.05) is 24.3 Å². The van der Waals surface area contributed by atoms with Gasteiger partial charge in [-0.3, -0.25) is 19.3 Å². The van der Waals surface area contributed by atoms with E-state index in [1.165, 1.54) is 12.1 Å². The van der Waals surface area contributed by atoms with Gasteiger partial charge in [0.25, 0.3) is 11.8 Å². The van der Waals surface area contributed by atoms with Gasteiger partial charge < -0.3 is 10.2 Å². The number of aromatic nitrogens is 2. The third kappa shape index (κ3) is 6.85.